The molecule has 3 aromatic rings. The van der Waals surface area contributed by atoms with Crippen LogP contribution in [0, 0.1) is 0 Å². The summed E-state index contributed by atoms with van der Waals surface area (Å²) >= 11 is 0. The summed E-state index contributed by atoms with van der Waals surface area (Å²) in [4.78, 5) is 14.7. The molecule has 0 spiro atoms. The van der Waals surface area contributed by atoms with Crippen LogP contribution in [0.25, 0.3) is 11.8 Å². The van der Waals surface area contributed by atoms with Crippen molar-refractivity contribution in [3.63, 3.8) is 0 Å². The van der Waals surface area contributed by atoms with Gasteiger partial charge in [0.1, 0.15) is 0 Å². The molecule has 1 aliphatic rings. The van der Waals surface area contributed by atoms with Crippen molar-refractivity contribution in [2.75, 3.05) is 19.8 Å². The van der Waals surface area contributed by atoms with Crippen LogP contribution < -0.4 is 9.47 Å². The lowest BCUT2D eigenvalue weighted by Gasteiger charge is -2.29. The first kappa shape index (κ1) is 20.7. The van der Waals surface area contributed by atoms with Crippen molar-refractivity contribution in [3.8, 4) is 17.2 Å². The summed E-state index contributed by atoms with van der Waals surface area (Å²) in [6, 6.07) is 14.0. The van der Waals surface area contributed by atoms with E-state index in [0.717, 1.165) is 34.7 Å². The van der Waals surface area contributed by atoms with Gasteiger partial charge in [-0.3, -0.25) is 4.79 Å². The van der Waals surface area contributed by atoms with Gasteiger partial charge in [0.15, 0.2) is 11.5 Å². The fraction of sp³-hybridized carbons (Fsp3) is 0.280. The summed E-state index contributed by atoms with van der Waals surface area (Å²) in [7, 11) is 0. The Hall–Kier alpha value is -3.54. The van der Waals surface area contributed by atoms with Crippen LogP contribution >= 0.6 is 0 Å². The highest BCUT2D eigenvalue weighted by Crippen LogP contribution is 2.34. The van der Waals surface area contributed by atoms with Crippen molar-refractivity contribution >= 4 is 12.0 Å². The molecule has 31 heavy (non-hydrogen) atoms. The Kier molecular flexibility index (Phi) is 6.36. The molecule has 0 saturated heterocycles. The van der Waals surface area contributed by atoms with Crippen LogP contribution in [-0.4, -0.2) is 40.3 Å². The zero-order chi connectivity index (χ0) is 21.6. The van der Waals surface area contributed by atoms with Crippen LogP contribution in [0.3, 0.4) is 0 Å². The van der Waals surface area contributed by atoms with E-state index in [4.69, 9.17) is 9.47 Å². The maximum absolute atomic E-state index is 12.8. The van der Waals surface area contributed by atoms with Crippen molar-refractivity contribution in [2.45, 2.75) is 26.8 Å². The van der Waals surface area contributed by atoms with Gasteiger partial charge >= 0.3 is 0 Å². The molecule has 0 aliphatic carbocycles. The van der Waals surface area contributed by atoms with Crippen molar-refractivity contribution in [2.24, 2.45) is 0 Å². The van der Waals surface area contributed by atoms with Gasteiger partial charge in [-0.05, 0) is 61.7 Å². The lowest BCUT2D eigenvalue weighted by molar-refractivity contribution is -0.126. The maximum Gasteiger partial charge on any atom is 0.246 e. The summed E-state index contributed by atoms with van der Waals surface area (Å²) < 4.78 is 13.3. The minimum Gasteiger partial charge on any atom is -0.490 e. The zero-order valence-electron chi connectivity index (χ0n) is 18.0. The van der Waals surface area contributed by atoms with Crippen LogP contribution in [0.2, 0.25) is 0 Å². The van der Waals surface area contributed by atoms with E-state index in [2.05, 4.69) is 11.2 Å². The molecule has 1 amide bonds. The first-order valence-electron chi connectivity index (χ1n) is 10.7. The Balaban J connectivity index is 1.45. The molecule has 2 aromatic carbocycles. The Labute approximate surface area is 182 Å². The number of carbonyl (C=O) groups excluding carboxylic acids is 1. The molecule has 160 valence electrons. The van der Waals surface area contributed by atoms with Crippen molar-refractivity contribution in [1.29, 1.82) is 0 Å². The number of carbonyl (C=O) groups is 1. The third-order valence-corrected chi connectivity index (χ3v) is 5.23. The quantitative estimate of drug-likeness (QED) is 0.539. The summed E-state index contributed by atoms with van der Waals surface area (Å²) in [5.74, 6) is 1.50. The molecule has 2 heterocycles. The van der Waals surface area contributed by atoms with Crippen molar-refractivity contribution in [1.82, 2.24) is 14.7 Å². The Morgan fingerprint density at radius 2 is 1.77 bits per heavy atom. The minimum atomic E-state index is -0.00930. The average molecular weight is 418 g/mol. The number of amides is 1. The largest absolute Gasteiger partial charge is 0.490 e. The predicted molar refractivity (Wildman–Crippen MR) is 120 cm³/mol. The standard InChI is InChI=1S/C25H27N3O3/c1-3-30-23-14-20-12-13-27(18-21(20)15-24(23)31-4-2)25(29)11-10-19-16-26-28(17-19)22-8-6-5-7-9-22/h5-11,14-17H,3-4,12-13,18H2,1-2H3/b11-10+. The normalized spacial score (nSPS) is 13.3. The molecule has 0 unspecified atom stereocenters. The number of aromatic nitrogens is 2. The summed E-state index contributed by atoms with van der Waals surface area (Å²) in [5, 5.41) is 4.37. The number of fused-ring (bicyclic) bond motifs is 1. The third kappa shape index (κ3) is 4.79. The van der Waals surface area contributed by atoms with Crippen LogP contribution in [0.4, 0.5) is 0 Å². The lowest BCUT2D eigenvalue weighted by atomic mass is 9.98. The van der Waals surface area contributed by atoms with E-state index < -0.39 is 0 Å². The number of hydrogen-bond acceptors (Lipinski definition) is 4. The van der Waals surface area contributed by atoms with Crippen LogP contribution in [0.5, 0.6) is 11.5 Å². The third-order valence-electron chi connectivity index (χ3n) is 5.23. The first-order valence-corrected chi connectivity index (χ1v) is 10.7. The topological polar surface area (TPSA) is 56.6 Å². The van der Waals surface area contributed by atoms with Gasteiger partial charge in [-0.25, -0.2) is 4.68 Å². The maximum atomic E-state index is 12.8. The summed E-state index contributed by atoms with van der Waals surface area (Å²) in [6.07, 6.45) is 7.90. The second kappa shape index (κ2) is 9.51. The molecule has 6 heteroatoms. The molecule has 0 fully saturated rings. The molecular formula is C25H27N3O3. The van der Waals surface area contributed by atoms with E-state index in [1.807, 2.05) is 67.4 Å². The molecule has 1 aromatic heterocycles. The molecule has 0 N–H and O–H groups in total. The molecule has 1 aliphatic heterocycles. The molecule has 0 atom stereocenters. The van der Waals surface area contributed by atoms with Crippen LogP contribution in [0.15, 0.2) is 60.9 Å². The molecule has 6 nitrogen and oxygen atoms in total. The van der Waals surface area contributed by atoms with E-state index in [0.29, 0.717) is 26.3 Å². The van der Waals surface area contributed by atoms with E-state index in [1.54, 1.807) is 17.0 Å². The monoisotopic (exact) mass is 417 g/mol. The molecule has 0 bridgehead atoms. The van der Waals surface area contributed by atoms with Crippen molar-refractivity contribution < 1.29 is 14.3 Å². The SMILES string of the molecule is CCOc1cc2c(cc1OCC)CN(C(=O)/C=C/c1cnn(-c3ccccc3)c1)CC2. The molecular weight excluding hydrogens is 390 g/mol. The second-order valence-corrected chi connectivity index (χ2v) is 7.33. The Morgan fingerprint density at radius 1 is 1.06 bits per heavy atom. The fourth-order valence-corrected chi connectivity index (χ4v) is 3.71. The highest BCUT2D eigenvalue weighted by atomic mass is 16.5. The molecule has 0 saturated carbocycles. The van der Waals surface area contributed by atoms with Crippen LogP contribution in [-0.2, 0) is 17.8 Å². The molecule has 0 radical (unpaired) electrons. The van der Waals surface area contributed by atoms with Gasteiger partial charge in [0.05, 0.1) is 25.1 Å². The number of ether oxygens (including phenoxy) is 2. The highest BCUT2D eigenvalue weighted by molar-refractivity contribution is 5.91. The van der Waals surface area contributed by atoms with E-state index in [-0.39, 0.29) is 5.91 Å². The smallest absolute Gasteiger partial charge is 0.246 e. The number of nitrogens with zero attached hydrogens (tertiary/aromatic N) is 3. The van der Waals surface area contributed by atoms with Gasteiger partial charge in [0.25, 0.3) is 0 Å². The Bertz CT molecular complexity index is 1070. The average Bonchev–Trinajstić information content (AvgIpc) is 3.27. The first-order chi connectivity index (χ1) is 15.2. The number of para-hydroxylation sites is 1. The second-order valence-electron chi connectivity index (χ2n) is 7.33. The van der Waals surface area contributed by atoms with E-state index in [1.165, 1.54) is 5.56 Å². The van der Waals surface area contributed by atoms with Crippen molar-refractivity contribution in [3.05, 3.63) is 77.6 Å². The van der Waals surface area contributed by atoms with E-state index in [9.17, 15) is 4.79 Å². The van der Waals surface area contributed by atoms with Gasteiger partial charge in [-0.2, -0.15) is 5.10 Å². The number of rotatable bonds is 7. The minimum absolute atomic E-state index is 0.00930. The Morgan fingerprint density at radius 3 is 2.48 bits per heavy atom. The van der Waals surface area contributed by atoms with Gasteiger partial charge in [-0.1, -0.05) is 18.2 Å². The van der Waals surface area contributed by atoms with Gasteiger partial charge in [0, 0.05) is 30.9 Å². The molecule has 4 rings (SSSR count). The highest BCUT2D eigenvalue weighted by Gasteiger charge is 2.22. The zero-order valence-corrected chi connectivity index (χ0v) is 18.0. The number of hydrogen-bond donors (Lipinski definition) is 0. The van der Waals surface area contributed by atoms with Gasteiger partial charge in [-0.15, -0.1) is 0 Å². The van der Waals surface area contributed by atoms with Gasteiger partial charge in [0.2, 0.25) is 5.91 Å². The summed E-state index contributed by atoms with van der Waals surface area (Å²) in [5.41, 5.74) is 4.19. The summed E-state index contributed by atoms with van der Waals surface area (Å²) in [6.45, 7) is 6.32. The van der Waals surface area contributed by atoms with Crippen LogP contribution in [0.1, 0.15) is 30.5 Å². The predicted octanol–water partition coefficient (Wildman–Crippen LogP) is 4.27. The fourth-order valence-electron chi connectivity index (χ4n) is 3.71. The number of benzene rings is 2. The van der Waals surface area contributed by atoms with Gasteiger partial charge < -0.3 is 14.4 Å². The van der Waals surface area contributed by atoms with E-state index >= 15 is 0 Å². The lowest BCUT2D eigenvalue weighted by Crippen LogP contribution is -2.34.